The Hall–Kier alpha value is -2.34. The van der Waals surface area contributed by atoms with Crippen molar-refractivity contribution in [1.82, 2.24) is 4.90 Å². The summed E-state index contributed by atoms with van der Waals surface area (Å²) in [5.74, 6) is 0.343. The van der Waals surface area contributed by atoms with Gasteiger partial charge in [0, 0.05) is 30.9 Å². The molecule has 0 saturated carbocycles. The number of nitrogens with zero attached hydrogens (tertiary/aromatic N) is 1. The van der Waals surface area contributed by atoms with Crippen LogP contribution in [-0.4, -0.2) is 37.9 Å². The van der Waals surface area contributed by atoms with E-state index in [0.29, 0.717) is 27.0 Å². The van der Waals surface area contributed by atoms with Gasteiger partial charge >= 0.3 is 0 Å². The zero-order valence-electron chi connectivity index (χ0n) is 13.1. The molecule has 0 heterocycles. The summed E-state index contributed by atoms with van der Waals surface area (Å²) in [6, 6.07) is 11.9. The molecule has 0 unspecified atom stereocenters. The van der Waals surface area contributed by atoms with E-state index in [2.05, 4.69) is 21.2 Å². The fourth-order valence-corrected chi connectivity index (χ4v) is 2.51. The molecule has 0 aliphatic carbocycles. The lowest BCUT2D eigenvalue weighted by atomic mass is 10.1. The van der Waals surface area contributed by atoms with E-state index in [1.165, 1.54) is 4.90 Å². The van der Waals surface area contributed by atoms with Crippen LogP contribution in [0.25, 0.3) is 0 Å². The summed E-state index contributed by atoms with van der Waals surface area (Å²) in [6.07, 6.45) is 0. The topological polar surface area (TPSA) is 58.6 Å². The predicted octanol–water partition coefficient (Wildman–Crippen LogP) is 3.41. The summed E-state index contributed by atoms with van der Waals surface area (Å²) in [4.78, 5) is 25.6. The van der Waals surface area contributed by atoms with Gasteiger partial charge in [-0.15, -0.1) is 0 Å². The highest BCUT2D eigenvalue weighted by molar-refractivity contribution is 9.10. The van der Waals surface area contributed by atoms with E-state index in [9.17, 15) is 9.59 Å². The maximum absolute atomic E-state index is 12.2. The lowest BCUT2D eigenvalue weighted by Gasteiger charge is -2.11. The number of methoxy groups -OCH3 is 1. The van der Waals surface area contributed by atoms with Gasteiger partial charge < -0.3 is 15.0 Å². The van der Waals surface area contributed by atoms with Gasteiger partial charge in [-0.3, -0.25) is 9.59 Å². The summed E-state index contributed by atoms with van der Waals surface area (Å²) in [5, 5.41) is 2.79. The first-order valence-electron chi connectivity index (χ1n) is 6.89. The van der Waals surface area contributed by atoms with Gasteiger partial charge in [0.15, 0.2) is 0 Å². The van der Waals surface area contributed by atoms with Gasteiger partial charge in [-0.1, -0.05) is 0 Å². The number of benzene rings is 2. The molecular formula is C17H17BrN2O3. The van der Waals surface area contributed by atoms with Crippen molar-refractivity contribution in [2.24, 2.45) is 0 Å². The summed E-state index contributed by atoms with van der Waals surface area (Å²) >= 11 is 3.35. The van der Waals surface area contributed by atoms with Gasteiger partial charge in [0.1, 0.15) is 5.75 Å². The van der Waals surface area contributed by atoms with E-state index < -0.39 is 0 Å². The maximum atomic E-state index is 12.2. The van der Waals surface area contributed by atoms with Crippen molar-refractivity contribution in [2.45, 2.75) is 0 Å². The molecule has 5 nitrogen and oxygen atoms in total. The number of nitrogens with one attached hydrogen (secondary N) is 1. The standard InChI is InChI=1S/C17H17BrN2O3/c1-20(2)17(22)11-4-7-13(8-5-11)19-16(21)12-6-9-15(23-3)14(18)10-12/h4-10H,1-3H3,(H,19,21). The summed E-state index contributed by atoms with van der Waals surface area (Å²) < 4.78 is 5.85. The van der Waals surface area contributed by atoms with Crippen molar-refractivity contribution in [3.05, 3.63) is 58.1 Å². The van der Waals surface area contributed by atoms with Gasteiger partial charge in [-0.2, -0.15) is 0 Å². The van der Waals surface area contributed by atoms with Crippen molar-refractivity contribution < 1.29 is 14.3 Å². The fraction of sp³-hybridized carbons (Fsp3) is 0.176. The van der Waals surface area contributed by atoms with E-state index in [4.69, 9.17) is 4.74 Å². The number of ether oxygens (including phenoxy) is 1. The van der Waals surface area contributed by atoms with Crippen molar-refractivity contribution in [1.29, 1.82) is 0 Å². The number of carbonyl (C=O) groups is 2. The molecule has 0 atom stereocenters. The van der Waals surface area contributed by atoms with Gasteiger partial charge in [0.25, 0.3) is 11.8 Å². The number of hydrogen-bond donors (Lipinski definition) is 1. The van der Waals surface area contributed by atoms with E-state index in [1.807, 2.05) is 0 Å². The first-order chi connectivity index (χ1) is 10.9. The number of rotatable bonds is 4. The van der Waals surface area contributed by atoms with Crippen molar-refractivity contribution in [2.75, 3.05) is 26.5 Å². The molecule has 2 rings (SSSR count). The number of hydrogen-bond acceptors (Lipinski definition) is 3. The molecule has 0 fully saturated rings. The van der Waals surface area contributed by atoms with Gasteiger partial charge in [0.2, 0.25) is 0 Å². The molecule has 0 radical (unpaired) electrons. The van der Waals surface area contributed by atoms with Crippen LogP contribution in [0.5, 0.6) is 5.75 Å². The van der Waals surface area contributed by atoms with Gasteiger partial charge in [-0.25, -0.2) is 0 Å². The Balaban J connectivity index is 2.11. The van der Waals surface area contributed by atoms with Crippen LogP contribution in [0.4, 0.5) is 5.69 Å². The predicted molar refractivity (Wildman–Crippen MR) is 93.1 cm³/mol. The molecule has 2 aromatic carbocycles. The third-order valence-corrected chi connectivity index (χ3v) is 3.83. The Morgan fingerprint density at radius 3 is 2.17 bits per heavy atom. The number of halogens is 1. The van der Waals surface area contributed by atoms with E-state index >= 15 is 0 Å². The molecule has 6 heteroatoms. The maximum Gasteiger partial charge on any atom is 0.255 e. The number of amides is 2. The molecule has 2 aromatic rings. The smallest absolute Gasteiger partial charge is 0.255 e. The molecule has 120 valence electrons. The second kappa shape index (κ2) is 7.28. The van der Waals surface area contributed by atoms with Crippen molar-refractivity contribution in [3.63, 3.8) is 0 Å². The highest BCUT2D eigenvalue weighted by Crippen LogP contribution is 2.26. The molecule has 0 aromatic heterocycles. The molecule has 0 saturated heterocycles. The number of anilines is 1. The fourth-order valence-electron chi connectivity index (χ4n) is 1.97. The Kier molecular flexibility index (Phi) is 5.39. The van der Waals surface area contributed by atoms with E-state index in [-0.39, 0.29) is 11.8 Å². The van der Waals surface area contributed by atoms with Crippen LogP contribution in [0.1, 0.15) is 20.7 Å². The van der Waals surface area contributed by atoms with Crippen molar-refractivity contribution >= 4 is 33.4 Å². The molecular weight excluding hydrogens is 360 g/mol. The molecule has 2 amide bonds. The molecule has 1 N–H and O–H groups in total. The molecule has 23 heavy (non-hydrogen) atoms. The second-order valence-electron chi connectivity index (χ2n) is 5.08. The van der Waals surface area contributed by atoms with Gasteiger partial charge in [-0.05, 0) is 58.4 Å². The SMILES string of the molecule is COc1ccc(C(=O)Nc2ccc(C(=O)N(C)C)cc2)cc1Br. The monoisotopic (exact) mass is 376 g/mol. The van der Waals surface area contributed by atoms with Crippen LogP contribution < -0.4 is 10.1 Å². The average molecular weight is 377 g/mol. The Morgan fingerprint density at radius 2 is 1.65 bits per heavy atom. The Labute approximate surface area is 143 Å². The molecule has 0 bridgehead atoms. The van der Waals surface area contributed by atoms with Crippen LogP contribution >= 0.6 is 15.9 Å². The van der Waals surface area contributed by atoms with E-state index in [1.54, 1.807) is 63.7 Å². The minimum absolute atomic E-state index is 0.0815. The first kappa shape index (κ1) is 17.0. The summed E-state index contributed by atoms with van der Waals surface area (Å²) in [5.41, 5.74) is 1.70. The Morgan fingerprint density at radius 1 is 1.04 bits per heavy atom. The largest absolute Gasteiger partial charge is 0.496 e. The molecule has 0 aliphatic rings. The van der Waals surface area contributed by atoms with Crippen LogP contribution in [0, 0.1) is 0 Å². The number of carbonyl (C=O) groups excluding carboxylic acids is 2. The lowest BCUT2D eigenvalue weighted by Crippen LogP contribution is -2.21. The first-order valence-corrected chi connectivity index (χ1v) is 7.68. The summed E-state index contributed by atoms with van der Waals surface area (Å²) in [7, 11) is 4.95. The van der Waals surface area contributed by atoms with Crippen LogP contribution in [0.2, 0.25) is 0 Å². The lowest BCUT2D eigenvalue weighted by molar-refractivity contribution is 0.0827. The highest BCUT2D eigenvalue weighted by Gasteiger charge is 2.11. The van der Waals surface area contributed by atoms with Crippen LogP contribution in [0.3, 0.4) is 0 Å². The van der Waals surface area contributed by atoms with Crippen LogP contribution in [0.15, 0.2) is 46.9 Å². The normalized spacial score (nSPS) is 10.1. The second-order valence-corrected chi connectivity index (χ2v) is 5.93. The molecule has 0 aliphatic heterocycles. The quantitative estimate of drug-likeness (QED) is 0.889. The highest BCUT2D eigenvalue weighted by atomic mass is 79.9. The summed E-state index contributed by atoms with van der Waals surface area (Å²) in [6.45, 7) is 0. The molecule has 0 spiro atoms. The zero-order chi connectivity index (χ0) is 17.0. The Bertz CT molecular complexity index is 727. The van der Waals surface area contributed by atoms with Gasteiger partial charge in [0.05, 0.1) is 11.6 Å². The van der Waals surface area contributed by atoms with E-state index in [0.717, 1.165) is 0 Å². The minimum Gasteiger partial charge on any atom is -0.496 e. The zero-order valence-corrected chi connectivity index (χ0v) is 14.7. The third-order valence-electron chi connectivity index (χ3n) is 3.21. The minimum atomic E-state index is -0.236. The third kappa shape index (κ3) is 4.10. The van der Waals surface area contributed by atoms with Crippen LogP contribution in [-0.2, 0) is 0 Å². The average Bonchev–Trinajstić information content (AvgIpc) is 2.54. The van der Waals surface area contributed by atoms with Crippen molar-refractivity contribution in [3.8, 4) is 5.75 Å².